The molecular weight excluding hydrogens is 278 g/mol. The van der Waals surface area contributed by atoms with E-state index in [0.29, 0.717) is 13.1 Å². The second-order valence-electron chi connectivity index (χ2n) is 7.13. The smallest absolute Gasteiger partial charge is 0.410 e. The number of nitrogens with zero attached hydrogens (tertiary/aromatic N) is 2. The number of carbonyl (C=O) groups is 1. The number of amides is 1. The van der Waals surface area contributed by atoms with Crippen LogP contribution in [0.15, 0.2) is 6.07 Å². The SMILES string of the molecule is Cc1cc(N)c2c(c1N(C)C)CN(C(=O)OC(C)(C)C)CC2. The van der Waals surface area contributed by atoms with Crippen LogP contribution in [0.3, 0.4) is 0 Å². The average molecular weight is 305 g/mol. The Balaban J connectivity index is 2.35. The number of rotatable bonds is 1. The fourth-order valence-corrected chi connectivity index (χ4v) is 3.03. The predicted octanol–water partition coefficient (Wildman–Crippen LogP) is 2.94. The molecule has 2 rings (SSSR count). The Morgan fingerprint density at radius 1 is 1.32 bits per heavy atom. The van der Waals surface area contributed by atoms with Crippen molar-refractivity contribution in [2.24, 2.45) is 0 Å². The first-order chi connectivity index (χ1) is 10.1. The van der Waals surface area contributed by atoms with Crippen molar-refractivity contribution in [1.29, 1.82) is 0 Å². The third-order valence-corrected chi connectivity index (χ3v) is 3.82. The van der Waals surface area contributed by atoms with E-state index < -0.39 is 5.60 Å². The Bertz CT molecular complexity index is 589. The zero-order valence-electron chi connectivity index (χ0n) is 14.5. The fraction of sp³-hybridized carbons (Fsp3) is 0.588. The van der Waals surface area contributed by atoms with Crippen LogP contribution < -0.4 is 10.6 Å². The summed E-state index contributed by atoms with van der Waals surface area (Å²) >= 11 is 0. The maximum Gasteiger partial charge on any atom is 0.410 e. The van der Waals surface area contributed by atoms with E-state index in [0.717, 1.165) is 34.5 Å². The number of aryl methyl sites for hydroxylation is 1. The molecule has 0 aromatic heterocycles. The van der Waals surface area contributed by atoms with Crippen LogP contribution in [0.2, 0.25) is 0 Å². The van der Waals surface area contributed by atoms with Gasteiger partial charge < -0.3 is 20.3 Å². The molecular formula is C17H27N3O2. The number of benzene rings is 1. The Hall–Kier alpha value is -1.91. The number of ether oxygens (including phenoxy) is 1. The van der Waals surface area contributed by atoms with E-state index in [4.69, 9.17) is 10.5 Å². The molecule has 0 bridgehead atoms. The summed E-state index contributed by atoms with van der Waals surface area (Å²) in [6.07, 6.45) is 0.504. The molecule has 5 heteroatoms. The third-order valence-electron chi connectivity index (χ3n) is 3.82. The number of hydrogen-bond acceptors (Lipinski definition) is 4. The minimum absolute atomic E-state index is 0.261. The zero-order valence-corrected chi connectivity index (χ0v) is 14.5. The van der Waals surface area contributed by atoms with Crippen LogP contribution in [0.4, 0.5) is 16.2 Å². The van der Waals surface area contributed by atoms with Crippen LogP contribution in [0, 0.1) is 6.92 Å². The van der Waals surface area contributed by atoms with Crippen molar-refractivity contribution in [3.8, 4) is 0 Å². The molecule has 0 fully saturated rings. The van der Waals surface area contributed by atoms with Gasteiger partial charge in [0.1, 0.15) is 5.60 Å². The van der Waals surface area contributed by atoms with Crippen LogP contribution in [0.1, 0.15) is 37.5 Å². The van der Waals surface area contributed by atoms with E-state index in [9.17, 15) is 4.79 Å². The summed E-state index contributed by atoms with van der Waals surface area (Å²) in [7, 11) is 4.04. The summed E-state index contributed by atoms with van der Waals surface area (Å²) in [6, 6.07) is 2.03. The first-order valence-corrected chi connectivity index (χ1v) is 7.66. The molecule has 0 saturated carbocycles. The first kappa shape index (κ1) is 16.5. The second-order valence-corrected chi connectivity index (χ2v) is 7.13. The van der Waals surface area contributed by atoms with Crippen molar-refractivity contribution >= 4 is 17.5 Å². The lowest BCUT2D eigenvalue weighted by molar-refractivity contribution is 0.0224. The first-order valence-electron chi connectivity index (χ1n) is 7.66. The van der Waals surface area contributed by atoms with E-state index in [2.05, 4.69) is 11.8 Å². The highest BCUT2D eigenvalue weighted by Gasteiger charge is 2.29. The van der Waals surface area contributed by atoms with Gasteiger partial charge in [0.05, 0.1) is 6.54 Å². The van der Waals surface area contributed by atoms with Crippen LogP contribution in [0.25, 0.3) is 0 Å². The number of anilines is 2. The van der Waals surface area contributed by atoms with Crippen molar-refractivity contribution in [1.82, 2.24) is 4.90 Å². The molecule has 0 saturated heterocycles. The third kappa shape index (κ3) is 3.29. The molecule has 1 aromatic rings. The number of fused-ring (bicyclic) bond motifs is 1. The van der Waals surface area contributed by atoms with E-state index in [-0.39, 0.29) is 6.09 Å². The van der Waals surface area contributed by atoms with Crippen molar-refractivity contribution in [3.63, 3.8) is 0 Å². The number of nitrogens with two attached hydrogens (primary N) is 1. The van der Waals surface area contributed by atoms with Gasteiger partial charge in [-0.2, -0.15) is 0 Å². The standard InChI is InChI=1S/C17H27N3O2/c1-11-9-14(18)12-7-8-20(16(21)22-17(2,3)4)10-13(12)15(11)19(5)6/h9H,7-8,10,18H2,1-6H3. The van der Waals surface area contributed by atoms with E-state index in [1.54, 1.807) is 4.90 Å². The average Bonchev–Trinajstić information content (AvgIpc) is 2.35. The van der Waals surface area contributed by atoms with Crippen molar-refractivity contribution in [2.45, 2.75) is 46.3 Å². The molecule has 0 atom stereocenters. The van der Waals surface area contributed by atoms with Gasteiger partial charge in [-0.25, -0.2) is 4.79 Å². The van der Waals surface area contributed by atoms with Crippen LogP contribution >= 0.6 is 0 Å². The van der Waals surface area contributed by atoms with Gasteiger partial charge in [-0.05, 0) is 51.3 Å². The fourth-order valence-electron chi connectivity index (χ4n) is 3.03. The minimum Gasteiger partial charge on any atom is -0.444 e. The molecule has 22 heavy (non-hydrogen) atoms. The Kier molecular flexibility index (Phi) is 4.27. The van der Waals surface area contributed by atoms with Gasteiger partial charge in [-0.3, -0.25) is 0 Å². The lowest BCUT2D eigenvalue weighted by Crippen LogP contribution is -2.40. The lowest BCUT2D eigenvalue weighted by atomic mass is 9.93. The van der Waals surface area contributed by atoms with Gasteiger partial charge in [0, 0.05) is 37.6 Å². The van der Waals surface area contributed by atoms with Gasteiger partial charge in [0.2, 0.25) is 0 Å². The largest absolute Gasteiger partial charge is 0.444 e. The summed E-state index contributed by atoms with van der Waals surface area (Å²) in [6.45, 7) is 8.90. The maximum absolute atomic E-state index is 12.3. The molecule has 1 amide bonds. The zero-order chi connectivity index (χ0) is 16.7. The molecule has 1 aliphatic rings. The Morgan fingerprint density at radius 2 is 1.95 bits per heavy atom. The second kappa shape index (κ2) is 5.71. The normalized spacial score (nSPS) is 14.5. The lowest BCUT2D eigenvalue weighted by Gasteiger charge is -2.34. The van der Waals surface area contributed by atoms with E-state index >= 15 is 0 Å². The van der Waals surface area contributed by atoms with Crippen LogP contribution in [0.5, 0.6) is 0 Å². The predicted molar refractivity (Wildman–Crippen MR) is 90.3 cm³/mol. The summed E-state index contributed by atoms with van der Waals surface area (Å²) in [5, 5.41) is 0. The molecule has 1 aromatic carbocycles. The quantitative estimate of drug-likeness (QED) is 0.810. The topological polar surface area (TPSA) is 58.8 Å². The molecule has 1 aliphatic heterocycles. The van der Waals surface area contributed by atoms with Gasteiger partial charge in [-0.1, -0.05) is 0 Å². The minimum atomic E-state index is -0.479. The van der Waals surface area contributed by atoms with E-state index in [1.165, 1.54) is 0 Å². The van der Waals surface area contributed by atoms with E-state index in [1.807, 2.05) is 40.9 Å². The van der Waals surface area contributed by atoms with Crippen LogP contribution in [-0.2, 0) is 17.7 Å². The number of hydrogen-bond donors (Lipinski definition) is 1. The molecule has 0 unspecified atom stereocenters. The molecule has 2 N–H and O–H groups in total. The number of nitrogen functional groups attached to an aromatic ring is 1. The van der Waals surface area contributed by atoms with Crippen LogP contribution in [-0.4, -0.2) is 37.2 Å². The number of carbonyl (C=O) groups excluding carboxylic acids is 1. The monoisotopic (exact) mass is 305 g/mol. The molecule has 122 valence electrons. The summed E-state index contributed by atoms with van der Waals surface area (Å²) in [4.78, 5) is 16.2. The van der Waals surface area contributed by atoms with Crippen molar-refractivity contribution in [2.75, 3.05) is 31.3 Å². The summed E-state index contributed by atoms with van der Waals surface area (Å²) in [5.74, 6) is 0. The highest BCUT2D eigenvalue weighted by molar-refractivity contribution is 5.73. The van der Waals surface area contributed by atoms with Gasteiger partial charge in [0.25, 0.3) is 0 Å². The molecule has 0 aliphatic carbocycles. The Labute approximate surface area is 133 Å². The molecule has 1 heterocycles. The van der Waals surface area contributed by atoms with Crippen molar-refractivity contribution in [3.05, 3.63) is 22.8 Å². The summed E-state index contributed by atoms with van der Waals surface area (Å²) < 4.78 is 5.50. The van der Waals surface area contributed by atoms with Gasteiger partial charge in [0.15, 0.2) is 0 Å². The molecule has 5 nitrogen and oxygen atoms in total. The Morgan fingerprint density at radius 3 is 2.50 bits per heavy atom. The van der Waals surface area contributed by atoms with Crippen molar-refractivity contribution < 1.29 is 9.53 Å². The molecule has 0 radical (unpaired) electrons. The highest BCUT2D eigenvalue weighted by Crippen LogP contribution is 2.35. The van der Waals surface area contributed by atoms with Gasteiger partial charge in [-0.15, -0.1) is 0 Å². The molecule has 0 spiro atoms. The summed E-state index contributed by atoms with van der Waals surface area (Å²) in [5.41, 5.74) is 11.1. The van der Waals surface area contributed by atoms with Gasteiger partial charge >= 0.3 is 6.09 Å². The highest BCUT2D eigenvalue weighted by atomic mass is 16.6. The maximum atomic E-state index is 12.3.